The van der Waals surface area contributed by atoms with Gasteiger partial charge in [0.05, 0.1) is 12.0 Å². The second-order valence-electron chi connectivity index (χ2n) is 1.46. The molecule has 0 aliphatic heterocycles. The maximum atomic E-state index is 8.43. The molecule has 0 fully saturated rings. The van der Waals surface area contributed by atoms with Gasteiger partial charge in [-0.15, -0.1) is 0 Å². The topological polar surface area (TPSA) is 59.4 Å². The Morgan fingerprint density at radius 3 is 2.75 bits per heavy atom. The molecule has 3 nitrogen and oxygen atoms in total. The highest BCUT2D eigenvalue weighted by Gasteiger charge is 1.96. The van der Waals surface area contributed by atoms with Crippen LogP contribution < -0.4 is 5.73 Å². The first-order valence-corrected chi connectivity index (χ1v) is 2.27. The first kappa shape index (κ1) is 5.18. The van der Waals surface area contributed by atoms with E-state index in [1.54, 1.807) is 6.07 Å². The second kappa shape index (κ2) is 1.88. The summed E-state index contributed by atoms with van der Waals surface area (Å²) in [5.74, 6) is 0.435. The summed E-state index contributed by atoms with van der Waals surface area (Å²) in [6.07, 6.45) is 1.45. The molecule has 0 unspecified atom stereocenters. The molecule has 1 aromatic rings. The molecular weight excluding hydrogens is 106 g/mol. The van der Waals surface area contributed by atoms with Gasteiger partial charge in [-0.2, -0.15) is 0 Å². The third-order valence-electron chi connectivity index (χ3n) is 0.923. The van der Waals surface area contributed by atoms with E-state index in [9.17, 15) is 0 Å². The molecule has 0 aliphatic carbocycles. The number of nitrogen functional groups attached to an aromatic ring is 1. The summed E-state index contributed by atoms with van der Waals surface area (Å²) in [5, 5.41) is 8.43. The minimum atomic E-state index is -0.126. The van der Waals surface area contributed by atoms with Gasteiger partial charge in [0.1, 0.15) is 6.61 Å². The summed E-state index contributed by atoms with van der Waals surface area (Å²) >= 11 is 0. The molecule has 1 heterocycles. The normalized spacial score (nSPS) is 9.62. The molecule has 0 bridgehead atoms. The van der Waals surface area contributed by atoms with Crippen molar-refractivity contribution in [3.8, 4) is 0 Å². The van der Waals surface area contributed by atoms with Crippen molar-refractivity contribution in [1.82, 2.24) is 0 Å². The first-order valence-electron chi connectivity index (χ1n) is 2.27. The summed E-state index contributed by atoms with van der Waals surface area (Å²) in [6.45, 7) is -0.126. The monoisotopic (exact) mass is 113 g/mol. The number of aliphatic hydroxyl groups is 1. The average molecular weight is 113 g/mol. The lowest BCUT2D eigenvalue weighted by Gasteiger charge is -1.86. The van der Waals surface area contributed by atoms with E-state index >= 15 is 0 Å². The highest BCUT2D eigenvalue weighted by atomic mass is 16.4. The van der Waals surface area contributed by atoms with Crippen LogP contribution in [-0.4, -0.2) is 5.11 Å². The molecule has 0 amide bonds. The smallest absolute Gasteiger partial charge is 0.151 e. The van der Waals surface area contributed by atoms with Crippen molar-refractivity contribution < 1.29 is 9.52 Å². The molecule has 0 saturated carbocycles. The lowest BCUT2D eigenvalue weighted by Crippen LogP contribution is -1.87. The van der Waals surface area contributed by atoms with Gasteiger partial charge in [0, 0.05) is 0 Å². The molecule has 0 aliphatic rings. The van der Waals surface area contributed by atoms with Crippen molar-refractivity contribution in [2.45, 2.75) is 6.61 Å². The van der Waals surface area contributed by atoms with Crippen LogP contribution in [0.4, 0.5) is 5.69 Å². The minimum absolute atomic E-state index is 0.126. The van der Waals surface area contributed by atoms with E-state index in [1.807, 2.05) is 0 Å². The summed E-state index contributed by atoms with van der Waals surface area (Å²) < 4.78 is 4.74. The Morgan fingerprint density at radius 2 is 2.50 bits per heavy atom. The Kier molecular flexibility index (Phi) is 1.22. The van der Waals surface area contributed by atoms with E-state index < -0.39 is 0 Å². The number of furan rings is 1. The van der Waals surface area contributed by atoms with Gasteiger partial charge in [-0.05, 0) is 6.07 Å². The largest absolute Gasteiger partial charge is 0.465 e. The van der Waals surface area contributed by atoms with Gasteiger partial charge >= 0.3 is 0 Å². The fourth-order valence-electron chi connectivity index (χ4n) is 0.479. The van der Waals surface area contributed by atoms with Crippen LogP contribution in [0.3, 0.4) is 0 Å². The lowest BCUT2D eigenvalue weighted by molar-refractivity contribution is 0.248. The Balaban J connectivity index is 2.92. The molecule has 8 heavy (non-hydrogen) atoms. The summed E-state index contributed by atoms with van der Waals surface area (Å²) in [5.41, 5.74) is 5.80. The number of aliphatic hydroxyl groups excluding tert-OH is 1. The zero-order valence-corrected chi connectivity index (χ0v) is 4.29. The standard InChI is InChI=1S/C5H7NO2/c6-4-1-2-8-5(4)3-7/h1-2,7H,3,6H2. The summed E-state index contributed by atoms with van der Waals surface area (Å²) in [6, 6.07) is 1.60. The van der Waals surface area contributed by atoms with Crippen LogP contribution in [0, 0.1) is 0 Å². The zero-order valence-electron chi connectivity index (χ0n) is 4.29. The highest BCUT2D eigenvalue weighted by Crippen LogP contribution is 2.10. The molecule has 0 saturated heterocycles. The Bertz CT molecular complexity index is 171. The minimum Gasteiger partial charge on any atom is -0.465 e. The number of rotatable bonds is 1. The van der Waals surface area contributed by atoms with Gasteiger partial charge in [-0.1, -0.05) is 0 Å². The van der Waals surface area contributed by atoms with Gasteiger partial charge in [-0.25, -0.2) is 0 Å². The molecule has 1 aromatic heterocycles. The third kappa shape index (κ3) is 0.675. The van der Waals surface area contributed by atoms with Crippen LogP contribution in [0.5, 0.6) is 0 Å². The van der Waals surface area contributed by atoms with Gasteiger partial charge < -0.3 is 15.3 Å². The number of hydrogen-bond acceptors (Lipinski definition) is 3. The van der Waals surface area contributed by atoms with E-state index in [2.05, 4.69) is 0 Å². The zero-order chi connectivity index (χ0) is 5.98. The second-order valence-corrected chi connectivity index (χ2v) is 1.46. The van der Waals surface area contributed by atoms with E-state index in [4.69, 9.17) is 15.3 Å². The molecule has 1 rings (SSSR count). The van der Waals surface area contributed by atoms with E-state index in [0.717, 1.165) is 0 Å². The summed E-state index contributed by atoms with van der Waals surface area (Å²) in [7, 11) is 0. The van der Waals surface area contributed by atoms with Crippen molar-refractivity contribution in [2.24, 2.45) is 0 Å². The van der Waals surface area contributed by atoms with E-state index in [1.165, 1.54) is 6.26 Å². The predicted molar refractivity (Wildman–Crippen MR) is 29.0 cm³/mol. The van der Waals surface area contributed by atoms with Crippen LogP contribution in [0.25, 0.3) is 0 Å². The van der Waals surface area contributed by atoms with Crippen molar-refractivity contribution in [3.05, 3.63) is 18.1 Å². The predicted octanol–water partition coefficient (Wildman–Crippen LogP) is 0.354. The molecule has 0 spiro atoms. The Labute approximate surface area is 46.7 Å². The van der Waals surface area contributed by atoms with Crippen molar-refractivity contribution in [2.75, 3.05) is 5.73 Å². The SMILES string of the molecule is Nc1ccoc1CO. The molecule has 44 valence electrons. The maximum absolute atomic E-state index is 8.43. The molecule has 3 heteroatoms. The average Bonchev–Trinajstić information content (AvgIpc) is 2.14. The molecule has 3 N–H and O–H groups in total. The molecule has 0 radical (unpaired) electrons. The molecular formula is C5H7NO2. The number of hydrogen-bond donors (Lipinski definition) is 2. The lowest BCUT2D eigenvalue weighted by atomic mass is 10.4. The third-order valence-corrected chi connectivity index (χ3v) is 0.923. The van der Waals surface area contributed by atoms with Crippen molar-refractivity contribution in [3.63, 3.8) is 0 Å². The highest BCUT2D eigenvalue weighted by molar-refractivity contribution is 5.39. The van der Waals surface area contributed by atoms with Gasteiger partial charge in [-0.3, -0.25) is 0 Å². The first-order chi connectivity index (χ1) is 3.84. The quantitative estimate of drug-likeness (QED) is 0.552. The van der Waals surface area contributed by atoms with Gasteiger partial charge in [0.2, 0.25) is 0 Å². The fraction of sp³-hybridized carbons (Fsp3) is 0.200. The fourth-order valence-corrected chi connectivity index (χ4v) is 0.479. The van der Waals surface area contributed by atoms with Crippen LogP contribution >= 0.6 is 0 Å². The van der Waals surface area contributed by atoms with Gasteiger partial charge in [0.25, 0.3) is 0 Å². The van der Waals surface area contributed by atoms with Crippen molar-refractivity contribution in [1.29, 1.82) is 0 Å². The molecule has 0 aromatic carbocycles. The van der Waals surface area contributed by atoms with E-state index in [0.29, 0.717) is 11.4 Å². The van der Waals surface area contributed by atoms with E-state index in [-0.39, 0.29) is 6.61 Å². The number of anilines is 1. The van der Waals surface area contributed by atoms with Crippen molar-refractivity contribution >= 4 is 5.69 Å². The Morgan fingerprint density at radius 1 is 1.75 bits per heavy atom. The summed E-state index contributed by atoms with van der Waals surface area (Å²) in [4.78, 5) is 0. The van der Waals surface area contributed by atoms with Crippen LogP contribution in [0.1, 0.15) is 5.76 Å². The number of nitrogens with two attached hydrogens (primary N) is 1. The molecule has 0 atom stereocenters. The van der Waals surface area contributed by atoms with Crippen LogP contribution in [0.15, 0.2) is 16.7 Å². The van der Waals surface area contributed by atoms with Crippen LogP contribution in [-0.2, 0) is 6.61 Å². The Hall–Kier alpha value is -0.960. The maximum Gasteiger partial charge on any atom is 0.151 e. The van der Waals surface area contributed by atoms with Crippen LogP contribution in [0.2, 0.25) is 0 Å². The van der Waals surface area contributed by atoms with Gasteiger partial charge in [0.15, 0.2) is 5.76 Å².